The molecule has 0 radical (unpaired) electrons. The van der Waals surface area contributed by atoms with Gasteiger partial charge in [0.1, 0.15) is 4.90 Å². The number of carbonyl (C=O) groups excluding carboxylic acids is 1. The number of amides is 1. The molecule has 0 spiro atoms. The minimum atomic E-state index is -3.94. The van der Waals surface area contributed by atoms with E-state index in [1.807, 2.05) is 20.8 Å². The van der Waals surface area contributed by atoms with Gasteiger partial charge in [0.2, 0.25) is 0 Å². The molecular formula is C18H20Cl2N2O3S. The number of benzene rings is 2. The highest BCUT2D eigenvalue weighted by molar-refractivity contribution is 7.92. The number of nitrogens with one attached hydrogen (secondary N) is 2. The maximum absolute atomic E-state index is 12.6. The summed E-state index contributed by atoms with van der Waals surface area (Å²) in [5.41, 5.74) is 0.612. The van der Waals surface area contributed by atoms with E-state index in [-0.39, 0.29) is 38.5 Å². The van der Waals surface area contributed by atoms with E-state index in [1.54, 1.807) is 18.2 Å². The topological polar surface area (TPSA) is 75.3 Å². The van der Waals surface area contributed by atoms with E-state index in [0.717, 1.165) is 0 Å². The van der Waals surface area contributed by atoms with Crippen molar-refractivity contribution < 1.29 is 13.2 Å². The molecule has 2 aromatic carbocycles. The SMILES string of the molecule is CC(C)C(C)NC(=O)c1cccc(NS(=O)(=O)c2cc(Cl)ccc2Cl)c1. The van der Waals surface area contributed by atoms with Crippen molar-refractivity contribution in [1.29, 1.82) is 0 Å². The number of halogens is 2. The predicted molar refractivity (Wildman–Crippen MR) is 105 cm³/mol. The third-order valence-electron chi connectivity index (χ3n) is 3.92. The van der Waals surface area contributed by atoms with Crippen LogP contribution in [0.3, 0.4) is 0 Å². The molecule has 2 aromatic rings. The lowest BCUT2D eigenvalue weighted by Gasteiger charge is -2.17. The van der Waals surface area contributed by atoms with Crippen molar-refractivity contribution in [3.05, 3.63) is 58.1 Å². The summed E-state index contributed by atoms with van der Waals surface area (Å²) in [6, 6.07) is 10.4. The van der Waals surface area contributed by atoms with Gasteiger partial charge in [-0.1, -0.05) is 43.1 Å². The Morgan fingerprint density at radius 1 is 1.04 bits per heavy atom. The predicted octanol–water partition coefficient (Wildman–Crippen LogP) is 4.57. The van der Waals surface area contributed by atoms with Crippen molar-refractivity contribution in [3.63, 3.8) is 0 Å². The van der Waals surface area contributed by atoms with Gasteiger partial charge in [-0.25, -0.2) is 8.42 Å². The van der Waals surface area contributed by atoms with Crippen molar-refractivity contribution in [3.8, 4) is 0 Å². The van der Waals surface area contributed by atoms with Crippen LogP contribution in [0.4, 0.5) is 5.69 Å². The highest BCUT2D eigenvalue weighted by Crippen LogP contribution is 2.27. The number of sulfonamides is 1. The van der Waals surface area contributed by atoms with Crippen LogP contribution < -0.4 is 10.0 Å². The second kappa shape index (κ2) is 8.29. The highest BCUT2D eigenvalue weighted by Gasteiger charge is 2.19. The molecule has 0 saturated heterocycles. The summed E-state index contributed by atoms with van der Waals surface area (Å²) in [6.45, 7) is 5.92. The number of rotatable bonds is 6. The standard InChI is InChI=1S/C18H20Cl2N2O3S/c1-11(2)12(3)21-18(23)13-5-4-6-15(9-13)22-26(24,25)17-10-14(19)7-8-16(17)20/h4-12,22H,1-3H3,(H,21,23). The Morgan fingerprint density at radius 3 is 2.38 bits per heavy atom. The van der Waals surface area contributed by atoms with Crippen LogP contribution in [0.2, 0.25) is 10.0 Å². The van der Waals surface area contributed by atoms with E-state index < -0.39 is 10.0 Å². The first-order valence-electron chi connectivity index (χ1n) is 7.99. The first kappa shape index (κ1) is 20.6. The fraction of sp³-hybridized carbons (Fsp3) is 0.278. The molecule has 5 nitrogen and oxygen atoms in total. The van der Waals surface area contributed by atoms with Gasteiger partial charge in [0.15, 0.2) is 0 Å². The summed E-state index contributed by atoms with van der Waals surface area (Å²) in [5.74, 6) is 0.0126. The van der Waals surface area contributed by atoms with Crippen molar-refractivity contribution in [2.24, 2.45) is 5.92 Å². The summed E-state index contributed by atoms with van der Waals surface area (Å²) in [4.78, 5) is 12.2. The lowest BCUT2D eigenvalue weighted by molar-refractivity contribution is 0.0930. The van der Waals surface area contributed by atoms with Gasteiger partial charge in [-0.05, 0) is 49.2 Å². The van der Waals surface area contributed by atoms with Crippen LogP contribution in [-0.2, 0) is 10.0 Å². The van der Waals surface area contributed by atoms with Crippen molar-refractivity contribution in [2.75, 3.05) is 4.72 Å². The largest absolute Gasteiger partial charge is 0.349 e. The molecule has 0 aromatic heterocycles. The van der Waals surface area contributed by atoms with Crippen LogP contribution in [0.1, 0.15) is 31.1 Å². The normalized spacial score (nSPS) is 12.7. The molecule has 0 bridgehead atoms. The van der Waals surface area contributed by atoms with E-state index in [1.165, 1.54) is 24.3 Å². The molecule has 0 aliphatic carbocycles. The van der Waals surface area contributed by atoms with Gasteiger partial charge >= 0.3 is 0 Å². The molecule has 0 aliphatic rings. The van der Waals surface area contributed by atoms with Crippen LogP contribution in [0.15, 0.2) is 47.4 Å². The van der Waals surface area contributed by atoms with E-state index >= 15 is 0 Å². The molecule has 2 rings (SSSR count). The van der Waals surface area contributed by atoms with Gasteiger partial charge in [-0.15, -0.1) is 0 Å². The molecule has 1 atom stereocenters. The van der Waals surface area contributed by atoms with Crippen LogP contribution in [-0.4, -0.2) is 20.4 Å². The molecule has 1 unspecified atom stereocenters. The zero-order valence-corrected chi connectivity index (χ0v) is 16.9. The number of hydrogen-bond donors (Lipinski definition) is 2. The maximum Gasteiger partial charge on any atom is 0.263 e. The summed E-state index contributed by atoms with van der Waals surface area (Å²) in [7, 11) is -3.94. The van der Waals surface area contributed by atoms with Crippen LogP contribution in [0.5, 0.6) is 0 Å². The van der Waals surface area contributed by atoms with Crippen LogP contribution >= 0.6 is 23.2 Å². The molecule has 0 fully saturated rings. The highest BCUT2D eigenvalue weighted by atomic mass is 35.5. The number of anilines is 1. The summed E-state index contributed by atoms with van der Waals surface area (Å²) in [6.07, 6.45) is 0. The average Bonchev–Trinajstić information content (AvgIpc) is 2.56. The van der Waals surface area contributed by atoms with Gasteiger partial charge in [-0.2, -0.15) is 0 Å². The zero-order valence-electron chi connectivity index (χ0n) is 14.6. The van der Waals surface area contributed by atoms with Gasteiger partial charge in [0.05, 0.1) is 5.02 Å². The van der Waals surface area contributed by atoms with E-state index in [9.17, 15) is 13.2 Å². The molecule has 26 heavy (non-hydrogen) atoms. The Kier molecular flexibility index (Phi) is 6.55. The minimum absolute atomic E-state index is 0.00637. The van der Waals surface area contributed by atoms with E-state index in [0.29, 0.717) is 5.56 Å². The lowest BCUT2D eigenvalue weighted by Crippen LogP contribution is -2.36. The number of hydrogen-bond acceptors (Lipinski definition) is 3. The summed E-state index contributed by atoms with van der Waals surface area (Å²) >= 11 is 11.8. The van der Waals surface area contributed by atoms with Gasteiger partial charge in [0.25, 0.3) is 15.9 Å². The Balaban J connectivity index is 2.25. The van der Waals surface area contributed by atoms with Crippen LogP contribution in [0.25, 0.3) is 0 Å². The quantitative estimate of drug-likeness (QED) is 0.726. The molecule has 0 heterocycles. The molecule has 140 valence electrons. The lowest BCUT2D eigenvalue weighted by atomic mass is 10.1. The Labute approximate surface area is 163 Å². The number of carbonyl (C=O) groups is 1. The molecule has 0 aliphatic heterocycles. The fourth-order valence-corrected chi connectivity index (χ4v) is 3.89. The van der Waals surface area contributed by atoms with Gasteiger partial charge in [0, 0.05) is 22.3 Å². The second-order valence-corrected chi connectivity index (χ2v) is 8.76. The first-order chi connectivity index (χ1) is 12.1. The summed E-state index contributed by atoms with van der Waals surface area (Å²) < 4.78 is 27.6. The van der Waals surface area contributed by atoms with Crippen molar-refractivity contribution in [1.82, 2.24) is 5.32 Å². The zero-order chi connectivity index (χ0) is 19.5. The fourth-order valence-electron chi connectivity index (χ4n) is 2.07. The van der Waals surface area contributed by atoms with Gasteiger partial charge < -0.3 is 5.32 Å². The Hall–Kier alpha value is -1.76. The Bertz CT molecular complexity index is 914. The third kappa shape index (κ3) is 5.13. The van der Waals surface area contributed by atoms with Crippen LogP contribution in [0, 0.1) is 5.92 Å². The van der Waals surface area contributed by atoms with Crippen molar-refractivity contribution >= 4 is 44.8 Å². The van der Waals surface area contributed by atoms with E-state index in [2.05, 4.69) is 10.0 Å². The smallest absolute Gasteiger partial charge is 0.263 e. The molecular weight excluding hydrogens is 395 g/mol. The maximum atomic E-state index is 12.6. The second-order valence-electron chi connectivity index (χ2n) is 6.27. The first-order valence-corrected chi connectivity index (χ1v) is 10.2. The molecule has 2 N–H and O–H groups in total. The Morgan fingerprint density at radius 2 is 1.73 bits per heavy atom. The third-order valence-corrected chi connectivity index (χ3v) is 6.02. The molecule has 8 heteroatoms. The summed E-state index contributed by atoms with van der Waals surface area (Å²) in [5, 5.41) is 3.19. The van der Waals surface area contributed by atoms with E-state index in [4.69, 9.17) is 23.2 Å². The minimum Gasteiger partial charge on any atom is -0.349 e. The van der Waals surface area contributed by atoms with Gasteiger partial charge in [-0.3, -0.25) is 9.52 Å². The molecule has 1 amide bonds. The van der Waals surface area contributed by atoms with Crippen molar-refractivity contribution in [2.45, 2.75) is 31.7 Å². The molecule has 0 saturated carbocycles. The monoisotopic (exact) mass is 414 g/mol. The average molecular weight is 415 g/mol.